The number of halogens is 1. The van der Waals surface area contributed by atoms with E-state index >= 15 is 0 Å². The lowest BCUT2D eigenvalue weighted by molar-refractivity contribution is -0.920. The van der Waals surface area contributed by atoms with Crippen LogP contribution in [0.1, 0.15) is 27.2 Å². The maximum atomic E-state index is 12.7. The van der Waals surface area contributed by atoms with Gasteiger partial charge in [0.05, 0.1) is 25.6 Å². The second-order valence-corrected chi connectivity index (χ2v) is 8.10. The Balaban J connectivity index is 0.00000261. The van der Waals surface area contributed by atoms with Gasteiger partial charge in [-0.25, -0.2) is 4.79 Å². The van der Waals surface area contributed by atoms with Gasteiger partial charge in [-0.1, -0.05) is 6.58 Å². The van der Waals surface area contributed by atoms with E-state index in [9.17, 15) is 19.8 Å². The third kappa shape index (κ3) is 3.26. The smallest absolute Gasteiger partial charge is 0.341 e. The largest absolute Gasteiger partial charge is 1.00 e. The molecule has 6 unspecified atom stereocenters. The Hall–Kier alpha value is -1.22. The van der Waals surface area contributed by atoms with Crippen LogP contribution in [-0.4, -0.2) is 76.2 Å². The van der Waals surface area contributed by atoms with Gasteiger partial charge in [-0.15, -0.1) is 0 Å². The molecule has 3 aliphatic heterocycles. The van der Waals surface area contributed by atoms with E-state index in [4.69, 9.17) is 9.47 Å². The molecule has 0 aromatic heterocycles. The van der Waals surface area contributed by atoms with Crippen LogP contribution < -0.4 is 17.0 Å². The second kappa shape index (κ2) is 7.31. The molecular weight excluding hydrogens is 418 g/mol. The molecule has 0 radical (unpaired) electrons. The van der Waals surface area contributed by atoms with Crippen LogP contribution in [0.3, 0.4) is 0 Å². The minimum absolute atomic E-state index is 0. The molecule has 0 aliphatic carbocycles. The van der Waals surface area contributed by atoms with Crippen LogP contribution in [-0.2, 0) is 19.1 Å². The highest BCUT2D eigenvalue weighted by Gasteiger charge is 2.59. The molecule has 0 saturated carbocycles. The van der Waals surface area contributed by atoms with Crippen molar-refractivity contribution in [3.05, 3.63) is 24.3 Å². The number of cyclic esters (lactones) is 1. The maximum Gasteiger partial charge on any atom is 0.341 e. The van der Waals surface area contributed by atoms with Crippen LogP contribution in [0.15, 0.2) is 24.3 Å². The minimum Gasteiger partial charge on any atom is -1.00 e. The fourth-order valence-electron chi connectivity index (χ4n) is 4.45. The molecule has 0 aromatic rings. The van der Waals surface area contributed by atoms with Crippen molar-refractivity contribution in [2.45, 2.75) is 50.5 Å². The van der Waals surface area contributed by atoms with E-state index < -0.39 is 29.1 Å². The van der Waals surface area contributed by atoms with E-state index in [2.05, 4.69) is 6.58 Å². The van der Waals surface area contributed by atoms with E-state index in [1.807, 2.05) is 12.2 Å². The normalized spacial score (nSPS) is 44.2. The molecule has 2 N–H and O–H groups in total. The minimum atomic E-state index is -2.24. The highest BCUT2D eigenvalue weighted by molar-refractivity contribution is 5.83. The van der Waals surface area contributed by atoms with Crippen molar-refractivity contribution >= 4 is 11.9 Å². The predicted octanol–water partition coefficient (Wildman–Crippen LogP) is -2.69. The average Bonchev–Trinajstić information content (AvgIpc) is 3.09. The summed E-state index contributed by atoms with van der Waals surface area (Å²) in [5.74, 6) is -2.67. The highest BCUT2D eigenvalue weighted by Crippen LogP contribution is 2.41. The number of carbonyl (C=O) groups is 2. The van der Waals surface area contributed by atoms with Crippen molar-refractivity contribution < 1.29 is 50.7 Å². The molecule has 7 nitrogen and oxygen atoms in total. The Bertz CT molecular complexity index is 673. The van der Waals surface area contributed by atoms with Gasteiger partial charge in [0.2, 0.25) is 0 Å². The first-order valence-electron chi connectivity index (χ1n) is 9.05. The summed E-state index contributed by atoms with van der Waals surface area (Å²) in [6.07, 6.45) is 4.23. The number of carbonyl (C=O) groups excluding carboxylic acids is 2. The molecule has 0 aromatic carbocycles. The van der Waals surface area contributed by atoms with Crippen molar-refractivity contribution in [1.82, 2.24) is 0 Å². The number of rotatable bonds is 2. The van der Waals surface area contributed by atoms with Gasteiger partial charge in [0.1, 0.15) is 12.2 Å². The van der Waals surface area contributed by atoms with Crippen LogP contribution in [0.2, 0.25) is 0 Å². The van der Waals surface area contributed by atoms with E-state index in [1.165, 1.54) is 20.8 Å². The monoisotopic (exact) mass is 445 g/mol. The summed E-state index contributed by atoms with van der Waals surface area (Å²) in [6.45, 7) is 10.1. The van der Waals surface area contributed by atoms with Crippen LogP contribution in [0.5, 0.6) is 0 Å². The molecule has 8 heteroatoms. The topological polar surface area (TPSA) is 93.1 Å². The fourth-order valence-corrected chi connectivity index (χ4v) is 4.45. The van der Waals surface area contributed by atoms with Gasteiger partial charge in [-0.05, 0) is 32.9 Å². The quantitative estimate of drug-likeness (QED) is 0.273. The van der Waals surface area contributed by atoms with Crippen LogP contribution in [0.25, 0.3) is 0 Å². The third-order valence-electron chi connectivity index (χ3n) is 6.61. The summed E-state index contributed by atoms with van der Waals surface area (Å²) in [6, 6.07) is -0.0926. The van der Waals surface area contributed by atoms with Gasteiger partial charge in [-0.2, -0.15) is 0 Å². The summed E-state index contributed by atoms with van der Waals surface area (Å²) in [7, 11) is 0. The zero-order valence-corrected chi connectivity index (χ0v) is 17.6. The molecule has 6 atom stereocenters. The predicted molar refractivity (Wildman–Crippen MR) is 92.8 cm³/mol. The number of quaternary nitrogens is 1. The molecule has 2 fully saturated rings. The van der Waals surface area contributed by atoms with Crippen molar-refractivity contribution in [1.29, 1.82) is 0 Å². The van der Waals surface area contributed by atoms with Crippen LogP contribution in [0.4, 0.5) is 0 Å². The Morgan fingerprint density at radius 3 is 2.67 bits per heavy atom. The van der Waals surface area contributed by atoms with Gasteiger partial charge >= 0.3 is 11.9 Å². The summed E-state index contributed by atoms with van der Waals surface area (Å²) < 4.78 is 11.8. The maximum absolute atomic E-state index is 12.7. The molecule has 0 bridgehead atoms. The zero-order chi connectivity index (χ0) is 19.3. The first kappa shape index (κ1) is 22.1. The molecular formula is C19H28BrNO6. The standard InChI is InChI=1S/C19H28NO6.BrH/c1-5-8-20-9-6-13-11-25-17(22)19(4,24)18(3,23)12(2)16(21)26-14(7-10-20)15(13)20;/h5-6,12,14-15,23-24H,1,7-11H2,2-4H3;1H/q+1;/p-1. The number of hydrogen-bond acceptors (Lipinski definition) is 6. The number of esters is 2. The van der Waals surface area contributed by atoms with E-state index in [0.29, 0.717) is 10.9 Å². The second-order valence-electron chi connectivity index (χ2n) is 8.10. The molecule has 27 heavy (non-hydrogen) atoms. The average molecular weight is 446 g/mol. The first-order valence-corrected chi connectivity index (χ1v) is 9.05. The molecule has 3 aliphatic rings. The van der Waals surface area contributed by atoms with Crippen molar-refractivity contribution in [3.63, 3.8) is 0 Å². The van der Waals surface area contributed by atoms with E-state index in [1.54, 1.807) is 0 Å². The summed E-state index contributed by atoms with van der Waals surface area (Å²) in [5.41, 5.74) is -3.38. The lowest BCUT2D eigenvalue weighted by Crippen LogP contribution is -3.00. The SMILES string of the molecule is C=CC[N+]12CC=C3COC(=O)C(C)(O)C(C)(O)C(C)C(=O)OC(CC1)C32.[Br-]. The summed E-state index contributed by atoms with van der Waals surface area (Å²) in [5, 5.41) is 21.4. The molecule has 2 saturated heterocycles. The lowest BCUT2D eigenvalue weighted by Gasteiger charge is -2.39. The third-order valence-corrected chi connectivity index (χ3v) is 6.61. The van der Waals surface area contributed by atoms with Crippen molar-refractivity contribution in [2.75, 3.05) is 26.2 Å². The molecule has 0 spiro atoms. The Kier molecular flexibility index (Phi) is 5.98. The number of nitrogens with zero attached hydrogens (tertiary/aromatic N) is 1. The highest BCUT2D eigenvalue weighted by atomic mass is 79.9. The zero-order valence-electron chi connectivity index (χ0n) is 16.0. The van der Waals surface area contributed by atoms with Crippen LogP contribution >= 0.6 is 0 Å². The van der Waals surface area contributed by atoms with Crippen LogP contribution in [0, 0.1) is 5.92 Å². The van der Waals surface area contributed by atoms with Gasteiger partial charge in [-0.3, -0.25) is 4.79 Å². The summed E-state index contributed by atoms with van der Waals surface area (Å²) in [4.78, 5) is 25.2. The summed E-state index contributed by atoms with van der Waals surface area (Å²) >= 11 is 0. The van der Waals surface area contributed by atoms with Crippen molar-refractivity contribution in [3.8, 4) is 0 Å². The van der Waals surface area contributed by atoms with Gasteiger partial charge in [0, 0.05) is 12.0 Å². The van der Waals surface area contributed by atoms with E-state index in [-0.39, 0.29) is 35.7 Å². The lowest BCUT2D eigenvalue weighted by atomic mass is 9.76. The van der Waals surface area contributed by atoms with Gasteiger partial charge in [0.25, 0.3) is 0 Å². The van der Waals surface area contributed by atoms with Gasteiger partial charge < -0.3 is 41.2 Å². The Morgan fingerprint density at radius 2 is 2.04 bits per heavy atom. The Morgan fingerprint density at radius 1 is 1.37 bits per heavy atom. The molecule has 0 amide bonds. The van der Waals surface area contributed by atoms with Crippen molar-refractivity contribution in [2.24, 2.45) is 5.92 Å². The fraction of sp³-hybridized carbons (Fsp3) is 0.684. The molecule has 152 valence electrons. The number of ether oxygens (including phenoxy) is 2. The Labute approximate surface area is 170 Å². The number of hydrogen-bond donors (Lipinski definition) is 2. The molecule has 3 rings (SSSR count). The number of aliphatic hydroxyl groups is 2. The van der Waals surface area contributed by atoms with E-state index in [0.717, 1.165) is 25.2 Å². The first-order chi connectivity index (χ1) is 12.1. The molecule has 3 heterocycles. The van der Waals surface area contributed by atoms with Gasteiger partial charge in [0.15, 0.2) is 17.7 Å².